The molecule has 3 N–H and O–H groups in total. The van der Waals surface area contributed by atoms with Gasteiger partial charge in [0.1, 0.15) is 11.4 Å². The number of benzene rings is 1. The first-order valence-electron chi connectivity index (χ1n) is 7.79. The molecule has 0 spiro atoms. The van der Waals surface area contributed by atoms with Crippen molar-refractivity contribution in [3.8, 4) is 22.6 Å². The zero-order valence-electron chi connectivity index (χ0n) is 13.8. The van der Waals surface area contributed by atoms with E-state index >= 15 is 0 Å². The standard InChI is InChI=1S/C18H14N6O2/c1-24-8-6-13(23-24)15-14(21-16(18(25)26)17(19)22-15)11-4-5-12-10(9-11)3-2-7-20-12/h2-9H,1H3,(H2,19,22)(H,25,26). The van der Waals surface area contributed by atoms with Gasteiger partial charge in [-0.2, -0.15) is 5.10 Å². The van der Waals surface area contributed by atoms with Gasteiger partial charge in [-0.1, -0.05) is 12.1 Å². The van der Waals surface area contributed by atoms with Crippen molar-refractivity contribution in [3.63, 3.8) is 0 Å². The number of pyridine rings is 1. The van der Waals surface area contributed by atoms with E-state index < -0.39 is 5.97 Å². The summed E-state index contributed by atoms with van der Waals surface area (Å²) in [5, 5.41) is 14.6. The molecule has 26 heavy (non-hydrogen) atoms. The van der Waals surface area contributed by atoms with Crippen molar-refractivity contribution in [1.82, 2.24) is 24.7 Å². The molecule has 0 fully saturated rings. The fourth-order valence-electron chi connectivity index (χ4n) is 2.75. The third-order valence-corrected chi connectivity index (χ3v) is 3.96. The average molecular weight is 346 g/mol. The van der Waals surface area contributed by atoms with E-state index in [1.165, 1.54) is 0 Å². The molecule has 0 unspecified atom stereocenters. The minimum Gasteiger partial charge on any atom is -0.476 e. The Balaban J connectivity index is 2.00. The summed E-state index contributed by atoms with van der Waals surface area (Å²) in [7, 11) is 1.78. The number of fused-ring (bicyclic) bond motifs is 1. The van der Waals surface area contributed by atoms with E-state index in [0.29, 0.717) is 22.6 Å². The third-order valence-electron chi connectivity index (χ3n) is 3.96. The Morgan fingerprint density at radius 3 is 2.73 bits per heavy atom. The molecule has 4 aromatic rings. The molecule has 8 nitrogen and oxygen atoms in total. The number of rotatable bonds is 3. The van der Waals surface area contributed by atoms with Crippen LogP contribution in [-0.2, 0) is 7.05 Å². The Morgan fingerprint density at radius 2 is 2.00 bits per heavy atom. The lowest BCUT2D eigenvalue weighted by Gasteiger charge is -2.10. The Labute approximate surface area is 148 Å². The van der Waals surface area contributed by atoms with Crippen LogP contribution in [0.15, 0.2) is 48.8 Å². The number of hydrogen-bond acceptors (Lipinski definition) is 6. The van der Waals surface area contributed by atoms with Crippen molar-refractivity contribution in [2.75, 3.05) is 5.73 Å². The number of aromatic nitrogens is 5. The van der Waals surface area contributed by atoms with Gasteiger partial charge in [-0.3, -0.25) is 9.67 Å². The normalized spacial score (nSPS) is 11.0. The lowest BCUT2D eigenvalue weighted by atomic mass is 10.0. The Kier molecular flexibility index (Phi) is 3.58. The summed E-state index contributed by atoms with van der Waals surface area (Å²) >= 11 is 0. The van der Waals surface area contributed by atoms with Gasteiger partial charge >= 0.3 is 5.97 Å². The SMILES string of the molecule is Cn1ccc(-c2nc(N)c(C(=O)O)nc2-c2ccc3ncccc3c2)n1. The molecule has 0 saturated heterocycles. The highest BCUT2D eigenvalue weighted by Gasteiger charge is 2.20. The van der Waals surface area contributed by atoms with E-state index in [9.17, 15) is 9.90 Å². The van der Waals surface area contributed by atoms with E-state index in [4.69, 9.17) is 5.73 Å². The molecule has 0 aliphatic carbocycles. The molecule has 3 aromatic heterocycles. The molecule has 0 radical (unpaired) electrons. The van der Waals surface area contributed by atoms with Gasteiger partial charge in [0.25, 0.3) is 0 Å². The Hall–Kier alpha value is -3.81. The number of carboxylic acids is 1. The molecule has 0 atom stereocenters. The lowest BCUT2D eigenvalue weighted by molar-refractivity contribution is 0.0691. The van der Waals surface area contributed by atoms with Gasteiger partial charge in [-0.15, -0.1) is 0 Å². The molecule has 0 aliphatic rings. The first-order chi connectivity index (χ1) is 12.5. The highest BCUT2D eigenvalue weighted by Crippen LogP contribution is 2.31. The van der Waals surface area contributed by atoms with Crippen molar-refractivity contribution >= 4 is 22.7 Å². The van der Waals surface area contributed by atoms with Crippen LogP contribution >= 0.6 is 0 Å². The van der Waals surface area contributed by atoms with Crippen LogP contribution in [0.3, 0.4) is 0 Å². The molecule has 1 aromatic carbocycles. The van der Waals surface area contributed by atoms with Gasteiger partial charge in [0.05, 0.1) is 11.2 Å². The lowest BCUT2D eigenvalue weighted by Crippen LogP contribution is -2.10. The van der Waals surface area contributed by atoms with E-state index in [1.807, 2.05) is 30.3 Å². The number of nitrogen functional groups attached to an aromatic ring is 1. The van der Waals surface area contributed by atoms with Gasteiger partial charge in [-0.25, -0.2) is 14.8 Å². The average Bonchev–Trinajstić information content (AvgIpc) is 3.07. The molecule has 3 heterocycles. The summed E-state index contributed by atoms with van der Waals surface area (Å²) < 4.78 is 1.63. The maximum Gasteiger partial charge on any atom is 0.358 e. The van der Waals surface area contributed by atoms with E-state index in [-0.39, 0.29) is 11.5 Å². The van der Waals surface area contributed by atoms with E-state index in [1.54, 1.807) is 30.2 Å². The predicted molar refractivity (Wildman–Crippen MR) is 96.3 cm³/mol. The van der Waals surface area contributed by atoms with Crippen molar-refractivity contribution in [2.45, 2.75) is 0 Å². The number of carbonyl (C=O) groups is 1. The van der Waals surface area contributed by atoms with Crippen LogP contribution in [0.25, 0.3) is 33.5 Å². The van der Waals surface area contributed by atoms with Crippen LogP contribution in [0.1, 0.15) is 10.5 Å². The smallest absolute Gasteiger partial charge is 0.358 e. The van der Waals surface area contributed by atoms with Crippen LogP contribution in [0.5, 0.6) is 0 Å². The predicted octanol–water partition coefficient (Wildman–Crippen LogP) is 2.37. The molecule has 0 amide bonds. The zero-order valence-corrected chi connectivity index (χ0v) is 13.8. The van der Waals surface area contributed by atoms with Crippen LogP contribution in [0.4, 0.5) is 5.82 Å². The number of anilines is 1. The van der Waals surface area contributed by atoms with E-state index in [0.717, 1.165) is 10.9 Å². The van der Waals surface area contributed by atoms with Crippen LogP contribution in [0, 0.1) is 0 Å². The quantitative estimate of drug-likeness (QED) is 0.584. The molecule has 0 bridgehead atoms. The fraction of sp³-hybridized carbons (Fsp3) is 0.0556. The number of aryl methyl sites for hydroxylation is 1. The summed E-state index contributed by atoms with van der Waals surface area (Å²) in [6, 6.07) is 11.1. The number of hydrogen-bond donors (Lipinski definition) is 2. The second kappa shape index (κ2) is 5.92. The van der Waals surface area contributed by atoms with Crippen LogP contribution < -0.4 is 5.73 Å². The Morgan fingerprint density at radius 1 is 1.15 bits per heavy atom. The maximum atomic E-state index is 11.5. The number of carboxylic acid groups (broad SMARTS) is 1. The largest absolute Gasteiger partial charge is 0.476 e. The monoisotopic (exact) mass is 346 g/mol. The number of nitrogens with two attached hydrogens (primary N) is 1. The highest BCUT2D eigenvalue weighted by molar-refractivity contribution is 5.93. The second-order valence-corrected chi connectivity index (χ2v) is 5.75. The minimum atomic E-state index is -1.23. The van der Waals surface area contributed by atoms with Crippen molar-refractivity contribution < 1.29 is 9.90 Å². The minimum absolute atomic E-state index is 0.149. The second-order valence-electron chi connectivity index (χ2n) is 5.75. The number of nitrogens with zero attached hydrogens (tertiary/aromatic N) is 5. The summed E-state index contributed by atoms with van der Waals surface area (Å²) in [5.74, 6) is -1.38. The molecular formula is C18H14N6O2. The van der Waals surface area contributed by atoms with Crippen LogP contribution in [-0.4, -0.2) is 35.8 Å². The van der Waals surface area contributed by atoms with Gasteiger partial charge < -0.3 is 10.8 Å². The molecule has 0 saturated carbocycles. The first kappa shape index (κ1) is 15.7. The van der Waals surface area contributed by atoms with Crippen molar-refractivity contribution in [1.29, 1.82) is 0 Å². The van der Waals surface area contributed by atoms with Crippen molar-refractivity contribution in [2.24, 2.45) is 7.05 Å². The molecule has 128 valence electrons. The van der Waals surface area contributed by atoms with Gasteiger partial charge in [0.2, 0.25) is 0 Å². The molecule has 0 aliphatic heterocycles. The zero-order chi connectivity index (χ0) is 18.3. The summed E-state index contributed by atoms with van der Waals surface area (Å²) in [4.78, 5) is 24.3. The molecule has 8 heteroatoms. The number of aromatic carboxylic acids is 1. The summed E-state index contributed by atoms with van der Waals surface area (Å²) in [6.45, 7) is 0. The van der Waals surface area contributed by atoms with Crippen LogP contribution in [0.2, 0.25) is 0 Å². The Bertz CT molecular complexity index is 1150. The van der Waals surface area contributed by atoms with Gasteiger partial charge in [0.15, 0.2) is 11.5 Å². The first-order valence-corrected chi connectivity index (χ1v) is 7.79. The van der Waals surface area contributed by atoms with E-state index in [2.05, 4.69) is 20.1 Å². The topological polar surface area (TPSA) is 120 Å². The summed E-state index contributed by atoms with van der Waals surface area (Å²) in [6.07, 6.45) is 3.49. The summed E-state index contributed by atoms with van der Waals surface area (Å²) in [5.41, 5.74) is 8.45. The third kappa shape index (κ3) is 2.63. The van der Waals surface area contributed by atoms with Gasteiger partial charge in [-0.05, 0) is 24.3 Å². The molecular weight excluding hydrogens is 332 g/mol. The van der Waals surface area contributed by atoms with Gasteiger partial charge in [0, 0.05) is 30.4 Å². The maximum absolute atomic E-state index is 11.5. The molecule has 4 rings (SSSR count). The van der Waals surface area contributed by atoms with Crippen molar-refractivity contribution in [3.05, 3.63) is 54.5 Å². The highest BCUT2D eigenvalue weighted by atomic mass is 16.4. The fourth-order valence-corrected chi connectivity index (χ4v) is 2.75.